The Hall–Kier alpha value is -0.580. The van der Waals surface area contributed by atoms with E-state index in [0.717, 1.165) is 49.4 Å². The summed E-state index contributed by atoms with van der Waals surface area (Å²) in [4.78, 5) is 0. The first-order valence-corrected chi connectivity index (χ1v) is 8.23. The Bertz CT molecular complexity index is 419. The SMILES string of the molecule is CCCNC(C)c1cc(Br)ccc1OCC1CCOC1. The zero-order chi connectivity index (χ0) is 14.4. The molecule has 0 saturated carbocycles. The lowest BCUT2D eigenvalue weighted by atomic mass is 10.1. The Morgan fingerprint density at radius 1 is 1.50 bits per heavy atom. The maximum Gasteiger partial charge on any atom is 0.124 e. The molecule has 1 aliphatic heterocycles. The lowest BCUT2D eigenvalue weighted by Crippen LogP contribution is -2.21. The van der Waals surface area contributed by atoms with Gasteiger partial charge in [0.15, 0.2) is 0 Å². The number of halogens is 1. The zero-order valence-electron chi connectivity index (χ0n) is 12.3. The fourth-order valence-electron chi connectivity index (χ4n) is 2.38. The average molecular weight is 342 g/mol. The standard InChI is InChI=1S/C16H24BrNO2/c1-3-7-18-12(2)15-9-14(17)4-5-16(15)20-11-13-6-8-19-10-13/h4-5,9,12-13,18H,3,6-8,10-11H2,1-2H3. The van der Waals surface area contributed by atoms with Crippen molar-refractivity contribution in [3.8, 4) is 5.75 Å². The molecule has 2 atom stereocenters. The third kappa shape index (κ3) is 4.47. The topological polar surface area (TPSA) is 30.5 Å². The summed E-state index contributed by atoms with van der Waals surface area (Å²) in [7, 11) is 0. The van der Waals surface area contributed by atoms with Crippen LogP contribution in [-0.2, 0) is 4.74 Å². The predicted octanol–water partition coefficient (Wildman–Crippen LogP) is 3.93. The molecular weight excluding hydrogens is 318 g/mol. The van der Waals surface area contributed by atoms with Crippen LogP contribution in [0.1, 0.15) is 38.3 Å². The fraction of sp³-hybridized carbons (Fsp3) is 0.625. The highest BCUT2D eigenvalue weighted by atomic mass is 79.9. The van der Waals surface area contributed by atoms with Crippen molar-refractivity contribution in [3.63, 3.8) is 0 Å². The summed E-state index contributed by atoms with van der Waals surface area (Å²) in [6.07, 6.45) is 2.24. The molecule has 1 aromatic carbocycles. The Morgan fingerprint density at radius 2 is 2.35 bits per heavy atom. The number of hydrogen-bond donors (Lipinski definition) is 1. The molecule has 0 amide bonds. The van der Waals surface area contributed by atoms with Crippen molar-refractivity contribution in [1.82, 2.24) is 5.32 Å². The molecule has 112 valence electrons. The van der Waals surface area contributed by atoms with E-state index in [9.17, 15) is 0 Å². The van der Waals surface area contributed by atoms with E-state index >= 15 is 0 Å². The largest absolute Gasteiger partial charge is 0.493 e. The van der Waals surface area contributed by atoms with Gasteiger partial charge in [0.2, 0.25) is 0 Å². The molecule has 0 aliphatic carbocycles. The Balaban J connectivity index is 2.02. The van der Waals surface area contributed by atoms with Gasteiger partial charge < -0.3 is 14.8 Å². The van der Waals surface area contributed by atoms with Crippen molar-refractivity contribution in [3.05, 3.63) is 28.2 Å². The van der Waals surface area contributed by atoms with Gasteiger partial charge in [-0.25, -0.2) is 0 Å². The van der Waals surface area contributed by atoms with Gasteiger partial charge in [-0.3, -0.25) is 0 Å². The molecule has 1 heterocycles. The van der Waals surface area contributed by atoms with Gasteiger partial charge in [0, 0.05) is 28.6 Å². The molecule has 0 spiro atoms. The molecule has 3 nitrogen and oxygen atoms in total. The number of ether oxygens (including phenoxy) is 2. The third-order valence-corrected chi connectivity index (χ3v) is 4.13. The quantitative estimate of drug-likeness (QED) is 0.815. The van der Waals surface area contributed by atoms with E-state index in [1.807, 2.05) is 6.07 Å². The normalized spacial score (nSPS) is 20.1. The Morgan fingerprint density at radius 3 is 3.05 bits per heavy atom. The second-order valence-corrected chi connectivity index (χ2v) is 6.31. The van der Waals surface area contributed by atoms with Gasteiger partial charge >= 0.3 is 0 Å². The molecule has 1 aromatic rings. The lowest BCUT2D eigenvalue weighted by molar-refractivity contribution is 0.166. The van der Waals surface area contributed by atoms with Crippen molar-refractivity contribution in [2.75, 3.05) is 26.4 Å². The van der Waals surface area contributed by atoms with E-state index in [-0.39, 0.29) is 0 Å². The van der Waals surface area contributed by atoms with Crippen molar-refractivity contribution in [2.24, 2.45) is 5.92 Å². The summed E-state index contributed by atoms with van der Waals surface area (Å²) in [5, 5.41) is 3.52. The van der Waals surface area contributed by atoms with Gasteiger partial charge in [-0.2, -0.15) is 0 Å². The van der Waals surface area contributed by atoms with Crippen molar-refractivity contribution in [1.29, 1.82) is 0 Å². The molecule has 1 fully saturated rings. The van der Waals surface area contributed by atoms with Crippen molar-refractivity contribution < 1.29 is 9.47 Å². The molecule has 2 unspecified atom stereocenters. The highest BCUT2D eigenvalue weighted by Crippen LogP contribution is 2.29. The van der Waals surface area contributed by atoms with Crippen LogP contribution in [0, 0.1) is 5.92 Å². The maximum atomic E-state index is 6.04. The van der Waals surface area contributed by atoms with Crippen LogP contribution in [0.4, 0.5) is 0 Å². The van der Waals surface area contributed by atoms with Gasteiger partial charge in [-0.15, -0.1) is 0 Å². The van der Waals surface area contributed by atoms with E-state index < -0.39 is 0 Å². The molecule has 0 radical (unpaired) electrons. The molecule has 0 bridgehead atoms. The van der Waals surface area contributed by atoms with Gasteiger partial charge in [0.05, 0.1) is 13.2 Å². The van der Waals surface area contributed by atoms with E-state index in [2.05, 4.69) is 47.2 Å². The highest BCUT2D eigenvalue weighted by Gasteiger charge is 2.18. The first-order valence-electron chi connectivity index (χ1n) is 7.44. The molecular formula is C16H24BrNO2. The van der Waals surface area contributed by atoms with Crippen LogP contribution in [0.2, 0.25) is 0 Å². The molecule has 2 rings (SSSR count). The molecule has 1 N–H and O–H groups in total. The molecule has 20 heavy (non-hydrogen) atoms. The average Bonchev–Trinajstić information content (AvgIpc) is 2.96. The van der Waals surface area contributed by atoms with E-state index in [1.54, 1.807) is 0 Å². The second-order valence-electron chi connectivity index (χ2n) is 5.40. The minimum absolute atomic E-state index is 0.294. The van der Waals surface area contributed by atoms with Gasteiger partial charge in [0.1, 0.15) is 5.75 Å². The fourth-order valence-corrected chi connectivity index (χ4v) is 2.76. The van der Waals surface area contributed by atoms with Crippen LogP contribution >= 0.6 is 15.9 Å². The molecule has 0 aromatic heterocycles. The van der Waals surface area contributed by atoms with Gasteiger partial charge in [0.25, 0.3) is 0 Å². The van der Waals surface area contributed by atoms with Crippen LogP contribution in [0.25, 0.3) is 0 Å². The summed E-state index contributed by atoms with van der Waals surface area (Å²) in [6.45, 7) is 7.82. The number of hydrogen-bond acceptors (Lipinski definition) is 3. The zero-order valence-corrected chi connectivity index (χ0v) is 13.9. The minimum atomic E-state index is 0.294. The van der Waals surface area contributed by atoms with Crippen molar-refractivity contribution in [2.45, 2.75) is 32.7 Å². The summed E-state index contributed by atoms with van der Waals surface area (Å²) in [5.41, 5.74) is 1.21. The van der Waals surface area contributed by atoms with Crippen LogP contribution in [0.3, 0.4) is 0 Å². The van der Waals surface area contributed by atoms with Crippen LogP contribution in [-0.4, -0.2) is 26.4 Å². The second kappa shape index (κ2) is 8.01. The molecule has 1 saturated heterocycles. The van der Waals surface area contributed by atoms with E-state index in [4.69, 9.17) is 9.47 Å². The first-order chi connectivity index (χ1) is 9.70. The smallest absolute Gasteiger partial charge is 0.124 e. The van der Waals surface area contributed by atoms with Gasteiger partial charge in [-0.1, -0.05) is 22.9 Å². The lowest BCUT2D eigenvalue weighted by Gasteiger charge is -2.19. The van der Waals surface area contributed by atoms with Crippen LogP contribution < -0.4 is 10.1 Å². The maximum absolute atomic E-state index is 6.04. The van der Waals surface area contributed by atoms with E-state index in [0.29, 0.717) is 12.0 Å². The number of benzene rings is 1. The predicted molar refractivity (Wildman–Crippen MR) is 85.3 cm³/mol. The van der Waals surface area contributed by atoms with Crippen LogP contribution in [0.5, 0.6) is 5.75 Å². The van der Waals surface area contributed by atoms with Crippen LogP contribution in [0.15, 0.2) is 22.7 Å². The monoisotopic (exact) mass is 341 g/mol. The molecule has 4 heteroatoms. The Labute approximate surface area is 130 Å². The summed E-state index contributed by atoms with van der Waals surface area (Å²) in [6, 6.07) is 6.53. The number of rotatable bonds is 7. The Kier molecular flexibility index (Phi) is 6.33. The summed E-state index contributed by atoms with van der Waals surface area (Å²) < 4.78 is 12.5. The first kappa shape index (κ1) is 15.8. The highest BCUT2D eigenvalue weighted by molar-refractivity contribution is 9.10. The minimum Gasteiger partial charge on any atom is -0.493 e. The third-order valence-electron chi connectivity index (χ3n) is 3.64. The number of nitrogens with one attached hydrogen (secondary N) is 1. The van der Waals surface area contributed by atoms with Gasteiger partial charge in [-0.05, 0) is 44.5 Å². The summed E-state index contributed by atoms with van der Waals surface area (Å²) in [5.74, 6) is 1.52. The van der Waals surface area contributed by atoms with E-state index in [1.165, 1.54) is 5.56 Å². The summed E-state index contributed by atoms with van der Waals surface area (Å²) >= 11 is 3.55. The molecule has 1 aliphatic rings. The van der Waals surface area contributed by atoms with Crippen molar-refractivity contribution >= 4 is 15.9 Å².